The highest BCUT2D eigenvalue weighted by Gasteiger charge is 2.17. The number of halogens is 1. The first kappa shape index (κ1) is 20.2. The summed E-state index contributed by atoms with van der Waals surface area (Å²) in [6.45, 7) is 2.97. The maximum atomic E-state index is 12.9. The molecule has 9 heteroatoms. The number of amides is 1. The molecule has 0 unspecified atom stereocenters. The van der Waals surface area contributed by atoms with E-state index in [1.807, 2.05) is 22.8 Å². The number of hydrogen-bond donors (Lipinski definition) is 1. The molecule has 4 aromatic rings. The van der Waals surface area contributed by atoms with Crippen molar-refractivity contribution in [1.29, 1.82) is 0 Å². The Morgan fingerprint density at radius 1 is 1.20 bits per heavy atom. The molecule has 0 aliphatic rings. The van der Waals surface area contributed by atoms with Crippen LogP contribution in [0.25, 0.3) is 16.0 Å². The predicted octanol–water partition coefficient (Wildman–Crippen LogP) is 3.29. The summed E-state index contributed by atoms with van der Waals surface area (Å²) in [6.07, 6.45) is 2.34. The van der Waals surface area contributed by atoms with E-state index >= 15 is 0 Å². The molecule has 4 rings (SSSR count). The largest absolute Gasteiger partial charge is 0.352 e. The maximum Gasteiger partial charge on any atom is 0.272 e. The van der Waals surface area contributed by atoms with E-state index in [9.17, 15) is 14.0 Å². The normalized spacial score (nSPS) is 11.4. The monoisotopic (exact) mass is 427 g/mol. The molecule has 1 amide bonds. The van der Waals surface area contributed by atoms with Crippen LogP contribution >= 0.6 is 11.3 Å². The molecule has 7 nitrogen and oxygen atoms in total. The third kappa shape index (κ3) is 3.97. The number of carbonyl (C=O) groups excluding carboxylic acids is 1. The molecule has 3 heterocycles. The number of hydrogen-bond acceptors (Lipinski definition) is 5. The number of nitrogens with one attached hydrogen (secondary N) is 1. The summed E-state index contributed by atoms with van der Waals surface area (Å²) in [4.78, 5) is 24.9. The van der Waals surface area contributed by atoms with Crippen LogP contribution in [0.15, 0.2) is 40.5 Å². The molecule has 0 saturated heterocycles. The number of carbonyl (C=O) groups is 1. The van der Waals surface area contributed by atoms with Gasteiger partial charge in [0.1, 0.15) is 16.3 Å². The number of benzene rings is 1. The number of thiophene rings is 1. The fourth-order valence-electron chi connectivity index (χ4n) is 3.47. The highest BCUT2D eigenvalue weighted by atomic mass is 32.1. The first-order valence-corrected chi connectivity index (χ1v) is 10.8. The van der Waals surface area contributed by atoms with Gasteiger partial charge in [-0.15, -0.1) is 21.5 Å². The van der Waals surface area contributed by atoms with Crippen LogP contribution in [0.5, 0.6) is 0 Å². The van der Waals surface area contributed by atoms with Crippen LogP contribution in [0.4, 0.5) is 4.39 Å². The van der Waals surface area contributed by atoms with Gasteiger partial charge in [0.25, 0.3) is 5.56 Å². The topological polar surface area (TPSA) is 81.3 Å². The third-order valence-corrected chi connectivity index (χ3v) is 5.83. The fraction of sp³-hybridized carbons (Fsp3) is 0.333. The molecule has 1 N–H and O–H groups in total. The molecule has 156 valence electrons. The molecule has 1 aromatic carbocycles. The van der Waals surface area contributed by atoms with Crippen molar-refractivity contribution in [2.45, 2.75) is 45.7 Å². The van der Waals surface area contributed by atoms with E-state index in [0.29, 0.717) is 42.8 Å². The summed E-state index contributed by atoms with van der Waals surface area (Å²) in [5.41, 5.74) is 1.63. The molecule has 0 aliphatic heterocycles. The van der Waals surface area contributed by atoms with E-state index in [4.69, 9.17) is 0 Å². The van der Waals surface area contributed by atoms with Crippen molar-refractivity contribution in [3.05, 3.63) is 63.3 Å². The molecule has 30 heavy (non-hydrogen) atoms. The summed E-state index contributed by atoms with van der Waals surface area (Å²) in [5.74, 6) is 0.916. The highest BCUT2D eigenvalue weighted by Crippen LogP contribution is 2.20. The van der Waals surface area contributed by atoms with Gasteiger partial charge in [-0.05, 0) is 42.0 Å². The number of rotatable bonds is 8. The fourth-order valence-corrected chi connectivity index (χ4v) is 4.29. The van der Waals surface area contributed by atoms with Gasteiger partial charge in [0.2, 0.25) is 11.7 Å². The van der Waals surface area contributed by atoms with Gasteiger partial charge in [-0.3, -0.25) is 18.6 Å². The van der Waals surface area contributed by atoms with Crippen molar-refractivity contribution in [3.63, 3.8) is 0 Å². The SMILES string of the molecule is CCCn1c(=O)c2sccc2n2c(CCCC(=O)NCc3ccc(F)cc3)nnc12. The van der Waals surface area contributed by atoms with Crippen LogP contribution in [0.2, 0.25) is 0 Å². The Balaban J connectivity index is 1.45. The number of aromatic nitrogens is 4. The summed E-state index contributed by atoms with van der Waals surface area (Å²) in [7, 11) is 0. The Morgan fingerprint density at radius 3 is 2.77 bits per heavy atom. The van der Waals surface area contributed by atoms with Crippen LogP contribution in [-0.4, -0.2) is 25.1 Å². The van der Waals surface area contributed by atoms with E-state index in [0.717, 1.165) is 23.3 Å². The number of nitrogens with zero attached hydrogens (tertiary/aromatic N) is 4. The van der Waals surface area contributed by atoms with Gasteiger partial charge in [-0.25, -0.2) is 4.39 Å². The van der Waals surface area contributed by atoms with Crippen molar-refractivity contribution in [2.75, 3.05) is 0 Å². The Bertz CT molecular complexity index is 1240. The Kier molecular flexibility index (Phi) is 5.89. The summed E-state index contributed by atoms with van der Waals surface area (Å²) < 4.78 is 17.2. The predicted molar refractivity (Wildman–Crippen MR) is 114 cm³/mol. The Labute approximate surface area is 176 Å². The van der Waals surface area contributed by atoms with Crippen LogP contribution in [-0.2, 0) is 24.3 Å². The zero-order chi connectivity index (χ0) is 21.1. The van der Waals surface area contributed by atoms with E-state index in [1.165, 1.54) is 23.5 Å². The van der Waals surface area contributed by atoms with Crippen molar-refractivity contribution < 1.29 is 9.18 Å². The summed E-state index contributed by atoms with van der Waals surface area (Å²) in [6, 6.07) is 7.97. The van der Waals surface area contributed by atoms with Crippen molar-refractivity contribution in [1.82, 2.24) is 24.5 Å². The zero-order valence-corrected chi connectivity index (χ0v) is 17.4. The first-order valence-electron chi connectivity index (χ1n) is 9.93. The molecule has 0 saturated carbocycles. The van der Waals surface area contributed by atoms with Crippen LogP contribution in [0.1, 0.15) is 37.6 Å². The van der Waals surface area contributed by atoms with Crippen molar-refractivity contribution in [3.8, 4) is 0 Å². The lowest BCUT2D eigenvalue weighted by atomic mass is 10.2. The first-order chi connectivity index (χ1) is 14.6. The minimum atomic E-state index is -0.297. The van der Waals surface area contributed by atoms with Gasteiger partial charge >= 0.3 is 0 Å². The van der Waals surface area contributed by atoms with Crippen molar-refractivity contribution >= 4 is 33.2 Å². The van der Waals surface area contributed by atoms with E-state index in [2.05, 4.69) is 15.5 Å². The molecule has 0 aliphatic carbocycles. The lowest BCUT2D eigenvalue weighted by Gasteiger charge is -2.08. The number of fused-ring (bicyclic) bond motifs is 3. The number of aryl methyl sites for hydroxylation is 2. The zero-order valence-electron chi connectivity index (χ0n) is 16.6. The molecule has 3 aromatic heterocycles. The lowest BCUT2D eigenvalue weighted by Crippen LogP contribution is -2.23. The van der Waals surface area contributed by atoms with Gasteiger partial charge < -0.3 is 5.32 Å². The smallest absolute Gasteiger partial charge is 0.272 e. The molecule has 0 bridgehead atoms. The van der Waals surface area contributed by atoms with Gasteiger partial charge in [-0.1, -0.05) is 19.1 Å². The summed E-state index contributed by atoms with van der Waals surface area (Å²) in [5, 5.41) is 13.3. The second kappa shape index (κ2) is 8.74. The average Bonchev–Trinajstić information content (AvgIpc) is 3.38. The van der Waals surface area contributed by atoms with Crippen LogP contribution < -0.4 is 10.9 Å². The molecular weight excluding hydrogens is 405 g/mol. The lowest BCUT2D eigenvalue weighted by molar-refractivity contribution is -0.121. The second-order valence-corrected chi connectivity index (χ2v) is 8.02. The van der Waals surface area contributed by atoms with E-state index in [-0.39, 0.29) is 17.3 Å². The quantitative estimate of drug-likeness (QED) is 0.468. The maximum absolute atomic E-state index is 12.9. The molecular formula is C21H22FN5O2S. The van der Waals surface area contributed by atoms with Crippen LogP contribution in [0.3, 0.4) is 0 Å². The Hall–Kier alpha value is -3.07. The van der Waals surface area contributed by atoms with E-state index < -0.39 is 0 Å². The minimum absolute atomic E-state index is 0.0338. The van der Waals surface area contributed by atoms with Gasteiger partial charge in [0, 0.05) is 25.9 Å². The summed E-state index contributed by atoms with van der Waals surface area (Å²) >= 11 is 1.42. The van der Waals surface area contributed by atoms with Gasteiger partial charge in [0.15, 0.2) is 0 Å². The Morgan fingerprint density at radius 2 is 2.00 bits per heavy atom. The third-order valence-electron chi connectivity index (χ3n) is 4.93. The molecule has 0 fully saturated rings. The van der Waals surface area contributed by atoms with Gasteiger partial charge in [-0.2, -0.15) is 0 Å². The minimum Gasteiger partial charge on any atom is -0.352 e. The second-order valence-electron chi connectivity index (χ2n) is 7.10. The molecule has 0 radical (unpaired) electrons. The molecule has 0 atom stereocenters. The highest BCUT2D eigenvalue weighted by molar-refractivity contribution is 7.17. The van der Waals surface area contributed by atoms with E-state index in [1.54, 1.807) is 16.7 Å². The average molecular weight is 428 g/mol. The standard InChI is InChI=1S/C21H22FN5O2S/c1-2-11-26-20(29)19-16(10-12-30-19)27-17(24-25-21(26)27)4-3-5-18(28)23-13-14-6-8-15(22)9-7-14/h6-10,12H,2-5,11,13H2,1H3,(H,23,28). The van der Waals surface area contributed by atoms with Gasteiger partial charge in [0.05, 0.1) is 5.52 Å². The molecule has 0 spiro atoms. The van der Waals surface area contributed by atoms with Crippen molar-refractivity contribution in [2.24, 2.45) is 0 Å². The van der Waals surface area contributed by atoms with Crippen LogP contribution in [0, 0.1) is 5.82 Å².